The average molecular weight is 573 g/mol. The minimum absolute atomic E-state index is 0.151. The number of hydrogen-bond donors (Lipinski definition) is 1. The molecule has 0 atom stereocenters. The van der Waals surface area contributed by atoms with Gasteiger partial charge in [0, 0.05) is 17.2 Å². The molecule has 0 aliphatic rings. The number of aromatic nitrogens is 2. The van der Waals surface area contributed by atoms with Crippen LogP contribution < -0.4 is 10.2 Å². The summed E-state index contributed by atoms with van der Waals surface area (Å²) in [5.74, 6) is 0.738. The number of carbonyl (C=O) groups is 1. The summed E-state index contributed by atoms with van der Waals surface area (Å²) in [6.07, 6.45) is 0. The van der Waals surface area contributed by atoms with Crippen LogP contribution >= 0.6 is 11.3 Å². The van der Waals surface area contributed by atoms with Gasteiger partial charge in [-0.25, -0.2) is 4.98 Å². The van der Waals surface area contributed by atoms with Crippen molar-refractivity contribution in [1.82, 2.24) is 9.55 Å². The molecule has 4 aromatic carbocycles. The van der Waals surface area contributed by atoms with Gasteiger partial charge in [-0.3, -0.25) is 14.8 Å². The van der Waals surface area contributed by atoms with Gasteiger partial charge in [0.1, 0.15) is 17.4 Å². The van der Waals surface area contributed by atoms with Crippen LogP contribution in [0.3, 0.4) is 0 Å². The molecule has 0 aliphatic carbocycles. The summed E-state index contributed by atoms with van der Waals surface area (Å²) < 4.78 is 13.3. The van der Waals surface area contributed by atoms with Crippen molar-refractivity contribution in [3.05, 3.63) is 148 Å². The fourth-order valence-corrected chi connectivity index (χ4v) is 5.42. The highest BCUT2D eigenvalue weighted by atomic mass is 32.1. The van der Waals surface area contributed by atoms with Crippen LogP contribution in [0.5, 0.6) is 5.75 Å². The second kappa shape index (κ2) is 12.6. The molecule has 0 amide bonds. The lowest BCUT2D eigenvalue weighted by atomic mass is 10.0. The number of ketones is 1. The zero-order valence-corrected chi connectivity index (χ0v) is 23.8. The van der Waals surface area contributed by atoms with Gasteiger partial charge in [-0.15, -0.1) is 11.3 Å². The Morgan fingerprint density at radius 2 is 1.55 bits per heavy atom. The van der Waals surface area contributed by atoms with Crippen LogP contribution in [0.2, 0.25) is 0 Å². The second-order valence-corrected chi connectivity index (χ2v) is 10.4. The standard InChI is InChI=1S/C34H28N4O3S/c1-40-27-17-18-28-30(21-27)38(23-41-22-24-11-5-2-6-12-24)34(35-28)32(39)33-29(19-20-42-33)36-37-31(25-13-7-3-8-14-25)26-15-9-4-10-16-26/h2-21,36H,22-23H2,1H3. The maximum Gasteiger partial charge on any atom is 0.240 e. The highest BCUT2D eigenvalue weighted by Gasteiger charge is 2.23. The molecule has 0 saturated heterocycles. The van der Waals surface area contributed by atoms with Crippen LogP contribution in [0, 0.1) is 0 Å². The molecule has 0 bridgehead atoms. The van der Waals surface area contributed by atoms with Crippen molar-refractivity contribution in [2.45, 2.75) is 13.3 Å². The Hall–Kier alpha value is -5.05. The predicted octanol–water partition coefficient (Wildman–Crippen LogP) is 7.38. The lowest BCUT2D eigenvalue weighted by Gasteiger charge is -2.11. The van der Waals surface area contributed by atoms with Crippen LogP contribution in [-0.2, 0) is 18.1 Å². The van der Waals surface area contributed by atoms with Crippen molar-refractivity contribution in [2.75, 3.05) is 12.5 Å². The molecule has 2 heterocycles. The van der Waals surface area contributed by atoms with Crippen molar-refractivity contribution >= 4 is 39.6 Å². The van der Waals surface area contributed by atoms with Gasteiger partial charge in [0.2, 0.25) is 5.78 Å². The van der Waals surface area contributed by atoms with Crippen LogP contribution in [0.1, 0.15) is 32.2 Å². The topological polar surface area (TPSA) is 77.7 Å². The van der Waals surface area contributed by atoms with Crippen LogP contribution in [0.15, 0.2) is 126 Å². The van der Waals surface area contributed by atoms with Gasteiger partial charge >= 0.3 is 0 Å². The third kappa shape index (κ3) is 5.85. The molecule has 1 N–H and O–H groups in total. The summed E-state index contributed by atoms with van der Waals surface area (Å²) in [5.41, 5.74) is 8.95. The van der Waals surface area contributed by atoms with Crippen LogP contribution in [0.25, 0.3) is 11.0 Å². The summed E-state index contributed by atoms with van der Waals surface area (Å²) >= 11 is 1.34. The van der Waals surface area contributed by atoms with Crippen molar-refractivity contribution in [3.63, 3.8) is 0 Å². The largest absolute Gasteiger partial charge is 0.497 e. The van der Waals surface area contributed by atoms with Gasteiger partial charge in [0.15, 0.2) is 5.82 Å². The molecule has 0 spiro atoms. The molecule has 0 unspecified atom stereocenters. The van der Waals surface area contributed by atoms with E-state index in [1.165, 1.54) is 11.3 Å². The lowest BCUT2D eigenvalue weighted by Crippen LogP contribution is -2.14. The molecule has 42 heavy (non-hydrogen) atoms. The molecule has 8 heteroatoms. The molecule has 208 valence electrons. The van der Waals surface area contributed by atoms with Crippen molar-refractivity contribution < 1.29 is 14.3 Å². The van der Waals surface area contributed by atoms with Gasteiger partial charge in [0.05, 0.1) is 36.1 Å². The van der Waals surface area contributed by atoms with E-state index >= 15 is 0 Å². The molecule has 0 aliphatic heterocycles. The summed E-state index contributed by atoms with van der Waals surface area (Å²) in [7, 11) is 1.61. The van der Waals surface area contributed by atoms with Gasteiger partial charge in [0.25, 0.3) is 0 Å². The number of carbonyl (C=O) groups excluding carboxylic acids is 1. The number of imidazole rings is 1. The van der Waals surface area contributed by atoms with E-state index < -0.39 is 0 Å². The molecule has 0 saturated carbocycles. The predicted molar refractivity (Wildman–Crippen MR) is 167 cm³/mol. The Morgan fingerprint density at radius 3 is 2.21 bits per heavy atom. The van der Waals surface area contributed by atoms with E-state index in [1.54, 1.807) is 11.7 Å². The smallest absolute Gasteiger partial charge is 0.240 e. The average Bonchev–Trinajstić information content (AvgIpc) is 3.67. The zero-order chi connectivity index (χ0) is 28.7. The monoisotopic (exact) mass is 572 g/mol. The Labute approximate surface area is 247 Å². The lowest BCUT2D eigenvalue weighted by molar-refractivity contribution is 0.0635. The Balaban J connectivity index is 1.33. The highest BCUT2D eigenvalue weighted by molar-refractivity contribution is 7.13. The third-order valence-corrected chi connectivity index (χ3v) is 7.66. The fraction of sp³-hybridized carbons (Fsp3) is 0.0882. The van der Waals surface area contributed by atoms with Gasteiger partial charge in [-0.05, 0) is 29.1 Å². The van der Waals surface area contributed by atoms with E-state index in [0.29, 0.717) is 28.4 Å². The summed E-state index contributed by atoms with van der Waals surface area (Å²) in [5, 5.41) is 6.64. The normalized spacial score (nSPS) is 10.9. The number of benzene rings is 4. The van der Waals surface area contributed by atoms with E-state index in [4.69, 9.17) is 19.6 Å². The number of rotatable bonds is 11. The maximum atomic E-state index is 14.0. The SMILES string of the molecule is COc1ccc2nc(C(=O)c3sccc3NN=C(c3ccccc3)c3ccccc3)n(COCc3ccccc3)c2c1. The highest BCUT2D eigenvalue weighted by Crippen LogP contribution is 2.29. The minimum atomic E-state index is -0.220. The molecule has 0 fully saturated rings. The fourth-order valence-electron chi connectivity index (χ4n) is 4.64. The van der Waals surface area contributed by atoms with E-state index in [-0.39, 0.29) is 18.3 Å². The number of hydrogen-bond acceptors (Lipinski definition) is 7. The maximum absolute atomic E-state index is 14.0. The Morgan fingerprint density at radius 1 is 0.881 bits per heavy atom. The first-order chi connectivity index (χ1) is 20.7. The molecule has 2 aromatic heterocycles. The summed E-state index contributed by atoms with van der Waals surface area (Å²) in [4.78, 5) is 19.3. The number of thiophene rings is 1. The number of nitrogens with one attached hydrogen (secondary N) is 1. The van der Waals surface area contributed by atoms with E-state index in [9.17, 15) is 4.79 Å². The Kier molecular flexibility index (Phi) is 8.16. The number of methoxy groups -OCH3 is 1. The minimum Gasteiger partial charge on any atom is -0.497 e. The van der Waals surface area contributed by atoms with Gasteiger partial charge < -0.3 is 9.47 Å². The zero-order valence-electron chi connectivity index (χ0n) is 22.9. The molecule has 7 nitrogen and oxygen atoms in total. The number of hydrazone groups is 1. The van der Waals surface area contributed by atoms with E-state index in [2.05, 4.69) is 5.43 Å². The summed E-state index contributed by atoms with van der Waals surface area (Å²) in [6, 6.07) is 37.2. The second-order valence-electron chi connectivity index (χ2n) is 9.48. The van der Waals surface area contributed by atoms with E-state index in [1.807, 2.05) is 121 Å². The number of ether oxygens (including phenoxy) is 2. The van der Waals surface area contributed by atoms with Crippen LogP contribution in [0.4, 0.5) is 5.69 Å². The molecule has 6 aromatic rings. The number of fused-ring (bicyclic) bond motifs is 1. The molecule has 0 radical (unpaired) electrons. The van der Waals surface area contributed by atoms with Gasteiger partial charge in [-0.1, -0.05) is 91.0 Å². The van der Waals surface area contributed by atoms with E-state index in [0.717, 1.165) is 27.9 Å². The first-order valence-corrected chi connectivity index (χ1v) is 14.3. The molecular weight excluding hydrogens is 544 g/mol. The van der Waals surface area contributed by atoms with Crippen molar-refractivity contribution in [3.8, 4) is 5.75 Å². The van der Waals surface area contributed by atoms with Gasteiger partial charge in [-0.2, -0.15) is 5.10 Å². The third-order valence-electron chi connectivity index (χ3n) is 6.74. The Bertz CT molecular complexity index is 1790. The first kappa shape index (κ1) is 27.1. The number of nitrogens with zero attached hydrogens (tertiary/aromatic N) is 3. The molecular formula is C34H28N4O3S. The molecule has 6 rings (SSSR count). The first-order valence-electron chi connectivity index (χ1n) is 13.4. The van der Waals surface area contributed by atoms with Crippen molar-refractivity contribution in [2.24, 2.45) is 5.10 Å². The number of anilines is 1. The summed E-state index contributed by atoms with van der Waals surface area (Å²) in [6.45, 7) is 0.554. The van der Waals surface area contributed by atoms with Crippen molar-refractivity contribution in [1.29, 1.82) is 0 Å². The van der Waals surface area contributed by atoms with Crippen LogP contribution in [-0.4, -0.2) is 28.2 Å². The quantitative estimate of drug-likeness (QED) is 0.0996.